The molecule has 1 aromatic carbocycles. The van der Waals surface area contributed by atoms with E-state index in [1.165, 1.54) is 19.1 Å². The summed E-state index contributed by atoms with van der Waals surface area (Å²) in [7, 11) is -5.16. The number of benzene rings is 1. The van der Waals surface area contributed by atoms with Crippen molar-refractivity contribution in [3.63, 3.8) is 0 Å². The van der Waals surface area contributed by atoms with Gasteiger partial charge in [-0.2, -0.15) is 8.42 Å². The maximum Gasteiger partial charge on any atom is 0.492 e. The second-order valence-corrected chi connectivity index (χ2v) is 8.62. The fraction of sp³-hybridized carbons (Fsp3) is 0.471. The molecule has 0 spiro atoms. The van der Waals surface area contributed by atoms with E-state index in [4.69, 9.17) is 9.31 Å². The van der Waals surface area contributed by atoms with Gasteiger partial charge in [0.1, 0.15) is 4.90 Å². The summed E-state index contributed by atoms with van der Waals surface area (Å²) in [6.07, 6.45) is 1.56. The molecule has 1 heterocycles. The Balaban J connectivity index is 2.47. The van der Waals surface area contributed by atoms with E-state index < -0.39 is 28.4 Å². The van der Waals surface area contributed by atoms with Gasteiger partial charge in [-0.05, 0) is 44.8 Å². The minimum absolute atomic E-state index is 0.117. The highest BCUT2D eigenvalue weighted by Crippen LogP contribution is 2.38. The molecule has 1 saturated heterocycles. The van der Waals surface area contributed by atoms with Crippen LogP contribution in [0.5, 0.6) is 0 Å². The van der Waals surface area contributed by atoms with Gasteiger partial charge in [-0.3, -0.25) is 9.35 Å². The molecule has 0 atom stereocenters. The topological polar surface area (TPSA) is 102 Å². The zero-order valence-electron chi connectivity index (χ0n) is 15.6. The van der Waals surface area contributed by atoms with Gasteiger partial charge in [-0.1, -0.05) is 24.3 Å². The molecule has 0 radical (unpaired) electrons. The second kappa shape index (κ2) is 7.15. The van der Waals surface area contributed by atoms with Crippen molar-refractivity contribution in [2.45, 2.75) is 50.7 Å². The summed E-state index contributed by atoms with van der Waals surface area (Å²) >= 11 is 0. The predicted molar refractivity (Wildman–Crippen MR) is 99.0 cm³/mol. The Kier molecular flexibility index (Phi) is 5.67. The Labute approximate surface area is 154 Å². The lowest BCUT2D eigenvalue weighted by molar-refractivity contribution is -0.118. The molecule has 1 aliphatic heterocycles. The Morgan fingerprint density at radius 2 is 1.73 bits per heavy atom. The average Bonchev–Trinajstić information content (AvgIpc) is 2.71. The first-order valence-corrected chi connectivity index (χ1v) is 9.64. The largest absolute Gasteiger partial charge is 0.492 e. The Bertz CT molecular complexity index is 815. The van der Waals surface area contributed by atoms with Crippen molar-refractivity contribution in [1.29, 1.82) is 0 Å². The van der Waals surface area contributed by atoms with E-state index in [2.05, 4.69) is 5.32 Å². The van der Waals surface area contributed by atoms with Crippen LogP contribution in [0.3, 0.4) is 0 Å². The van der Waals surface area contributed by atoms with E-state index in [0.29, 0.717) is 5.47 Å². The van der Waals surface area contributed by atoms with Gasteiger partial charge in [0.15, 0.2) is 0 Å². The van der Waals surface area contributed by atoms with Crippen LogP contribution in [0.4, 0.5) is 0 Å². The molecule has 2 N–H and O–H groups in total. The predicted octanol–water partition coefficient (Wildman–Crippen LogP) is 2.08. The smallest absolute Gasteiger partial charge is 0.400 e. The first-order valence-electron chi connectivity index (χ1n) is 8.20. The maximum absolute atomic E-state index is 11.6. The maximum atomic E-state index is 11.6. The van der Waals surface area contributed by atoms with Crippen LogP contribution in [-0.2, 0) is 24.2 Å². The molecule has 9 heteroatoms. The monoisotopic (exact) mass is 381 g/mol. The Morgan fingerprint density at radius 1 is 1.19 bits per heavy atom. The van der Waals surface area contributed by atoms with Crippen LogP contribution < -0.4 is 5.32 Å². The van der Waals surface area contributed by atoms with E-state index in [1.54, 1.807) is 18.2 Å². The molecular formula is C17H24BNO6S. The third-order valence-corrected chi connectivity index (χ3v) is 5.56. The van der Waals surface area contributed by atoms with Crippen LogP contribution >= 0.6 is 0 Å². The lowest BCUT2D eigenvalue weighted by Gasteiger charge is -2.32. The van der Waals surface area contributed by atoms with Gasteiger partial charge in [0, 0.05) is 13.5 Å². The fourth-order valence-corrected chi connectivity index (χ4v) is 3.13. The number of hydrogen-bond donors (Lipinski definition) is 2. The summed E-state index contributed by atoms with van der Waals surface area (Å²) in [6.45, 7) is 9.09. The summed E-state index contributed by atoms with van der Waals surface area (Å²) in [5.41, 5.74) is -0.356. The summed E-state index contributed by atoms with van der Waals surface area (Å²) in [6, 6.07) is 6.03. The molecule has 26 heavy (non-hydrogen) atoms. The average molecular weight is 381 g/mol. The number of amides is 1. The van der Waals surface area contributed by atoms with Crippen LogP contribution in [0.15, 0.2) is 34.6 Å². The number of hydrogen-bond acceptors (Lipinski definition) is 5. The second-order valence-electron chi connectivity index (χ2n) is 7.23. The third kappa shape index (κ3) is 4.53. The van der Waals surface area contributed by atoms with Crippen molar-refractivity contribution in [2.24, 2.45) is 0 Å². The molecule has 142 valence electrons. The van der Waals surface area contributed by atoms with E-state index in [1.807, 2.05) is 27.7 Å². The van der Waals surface area contributed by atoms with E-state index in [9.17, 15) is 17.8 Å². The van der Waals surface area contributed by atoms with Gasteiger partial charge in [0.2, 0.25) is 5.91 Å². The fourth-order valence-electron chi connectivity index (χ4n) is 2.46. The zero-order chi connectivity index (χ0) is 19.8. The summed E-state index contributed by atoms with van der Waals surface area (Å²) < 4.78 is 44.7. The molecule has 2 rings (SSSR count). The van der Waals surface area contributed by atoms with Gasteiger partial charge >= 0.3 is 7.12 Å². The van der Waals surface area contributed by atoms with Gasteiger partial charge in [-0.15, -0.1) is 0 Å². The van der Waals surface area contributed by atoms with Crippen LogP contribution in [0.2, 0.25) is 0 Å². The normalized spacial score (nSPS) is 19.5. The van der Waals surface area contributed by atoms with Crippen molar-refractivity contribution in [2.75, 3.05) is 6.54 Å². The molecule has 1 aliphatic rings. The lowest BCUT2D eigenvalue weighted by Crippen LogP contribution is -2.41. The highest BCUT2D eigenvalue weighted by molar-refractivity contribution is 7.85. The van der Waals surface area contributed by atoms with Gasteiger partial charge in [0.25, 0.3) is 10.1 Å². The molecule has 7 nitrogen and oxygen atoms in total. The van der Waals surface area contributed by atoms with Crippen LogP contribution in [0, 0.1) is 0 Å². The minimum atomic E-state index is -4.39. The molecule has 1 fully saturated rings. The quantitative estimate of drug-likeness (QED) is 0.598. The third-order valence-electron chi connectivity index (χ3n) is 4.64. The summed E-state index contributed by atoms with van der Waals surface area (Å²) in [5, 5.41) is 2.68. The van der Waals surface area contributed by atoms with E-state index >= 15 is 0 Å². The molecule has 0 aromatic heterocycles. The zero-order valence-corrected chi connectivity index (χ0v) is 16.4. The van der Waals surface area contributed by atoms with Gasteiger partial charge in [-0.25, -0.2) is 0 Å². The molecule has 0 saturated carbocycles. The Hall–Kier alpha value is -1.68. The van der Waals surface area contributed by atoms with Gasteiger partial charge in [0.05, 0.1) is 11.2 Å². The standard InChI is InChI=1S/C17H24BNO6S/c1-12(20)19-11-14(18-24-16(2,3)17(4,5)25-18)10-13-8-6-7-9-15(13)26(21,22)23/h6-10H,11H2,1-5H3,(H,19,20)(H,21,22,23). The summed E-state index contributed by atoms with van der Waals surface area (Å²) in [5.74, 6) is -0.240. The number of nitrogens with one attached hydrogen (secondary N) is 1. The molecule has 0 bridgehead atoms. The summed E-state index contributed by atoms with van der Waals surface area (Å²) in [4.78, 5) is 11.1. The van der Waals surface area contributed by atoms with E-state index in [-0.39, 0.29) is 22.9 Å². The molecule has 1 amide bonds. The van der Waals surface area contributed by atoms with Crippen LogP contribution in [0.1, 0.15) is 40.2 Å². The lowest BCUT2D eigenvalue weighted by atomic mass is 9.77. The van der Waals surface area contributed by atoms with Crippen molar-refractivity contribution in [3.8, 4) is 0 Å². The van der Waals surface area contributed by atoms with Crippen molar-refractivity contribution in [1.82, 2.24) is 5.32 Å². The van der Waals surface area contributed by atoms with Crippen molar-refractivity contribution >= 4 is 29.2 Å². The van der Waals surface area contributed by atoms with Crippen molar-refractivity contribution in [3.05, 3.63) is 35.3 Å². The minimum Gasteiger partial charge on any atom is -0.400 e. The SMILES string of the molecule is CC(=O)NCC(=Cc1ccccc1S(=O)(=O)O)B1OC(C)(C)C(C)(C)O1. The first kappa shape index (κ1) is 20.6. The van der Waals surface area contributed by atoms with Gasteiger partial charge < -0.3 is 14.6 Å². The number of carbonyl (C=O) groups excluding carboxylic acids is 1. The van der Waals surface area contributed by atoms with E-state index in [0.717, 1.165) is 0 Å². The molecule has 1 aromatic rings. The van der Waals surface area contributed by atoms with Crippen molar-refractivity contribution < 1.29 is 27.1 Å². The highest BCUT2D eigenvalue weighted by Gasteiger charge is 2.52. The number of rotatable bonds is 5. The highest BCUT2D eigenvalue weighted by atomic mass is 32.2. The van der Waals surface area contributed by atoms with Crippen LogP contribution in [-0.4, -0.2) is 43.7 Å². The first-order chi connectivity index (χ1) is 11.8. The molecule has 0 aliphatic carbocycles. The van der Waals surface area contributed by atoms with Crippen LogP contribution in [0.25, 0.3) is 6.08 Å². The Morgan fingerprint density at radius 3 is 2.23 bits per heavy atom. The molecule has 0 unspecified atom stereocenters. The molecular weight excluding hydrogens is 357 g/mol. The number of carbonyl (C=O) groups is 1.